The first kappa shape index (κ1) is 11.7. The van der Waals surface area contributed by atoms with E-state index in [9.17, 15) is 4.79 Å². The Bertz CT molecular complexity index is 255. The molecule has 2 rings (SSSR count). The lowest BCUT2D eigenvalue weighted by Gasteiger charge is -2.23. The smallest absolute Gasteiger partial charge is 0.409 e. The molecule has 2 heterocycles. The van der Waals surface area contributed by atoms with E-state index in [1.165, 1.54) is 12.8 Å². The molecule has 1 N–H and O–H groups in total. The molecular weight excluding hydrogens is 204 g/mol. The third-order valence-corrected chi connectivity index (χ3v) is 3.32. The summed E-state index contributed by atoms with van der Waals surface area (Å²) < 4.78 is 5.27. The van der Waals surface area contributed by atoms with Gasteiger partial charge in [0, 0.05) is 25.2 Å². The Morgan fingerprint density at radius 2 is 2.12 bits per heavy atom. The summed E-state index contributed by atoms with van der Waals surface area (Å²) in [5, 5.41) is 3.55. The summed E-state index contributed by atoms with van der Waals surface area (Å²) in [6, 6.07) is 1.10. The second-order valence-corrected chi connectivity index (χ2v) is 5.34. The van der Waals surface area contributed by atoms with Crippen LogP contribution in [0.15, 0.2) is 0 Å². The topological polar surface area (TPSA) is 41.6 Å². The highest BCUT2D eigenvalue weighted by molar-refractivity contribution is 5.67. The molecule has 2 unspecified atom stereocenters. The van der Waals surface area contributed by atoms with E-state index in [0.29, 0.717) is 24.6 Å². The molecule has 2 atom stereocenters. The van der Waals surface area contributed by atoms with Gasteiger partial charge in [0.05, 0.1) is 6.61 Å². The fourth-order valence-electron chi connectivity index (χ4n) is 2.44. The quantitative estimate of drug-likeness (QED) is 0.777. The summed E-state index contributed by atoms with van der Waals surface area (Å²) in [5.41, 5.74) is 0. The molecule has 0 aromatic carbocycles. The van der Waals surface area contributed by atoms with Crippen LogP contribution in [-0.4, -0.2) is 42.8 Å². The number of amides is 1. The highest BCUT2D eigenvalue weighted by Crippen LogP contribution is 2.20. The molecule has 2 aliphatic rings. The molecule has 0 radical (unpaired) electrons. The first-order chi connectivity index (χ1) is 7.65. The molecule has 2 saturated heterocycles. The van der Waals surface area contributed by atoms with Crippen LogP contribution < -0.4 is 5.32 Å². The Morgan fingerprint density at radius 1 is 1.38 bits per heavy atom. The second-order valence-electron chi connectivity index (χ2n) is 5.34. The van der Waals surface area contributed by atoms with Crippen molar-refractivity contribution >= 4 is 6.09 Å². The normalized spacial score (nSPS) is 29.3. The molecule has 2 bridgehead atoms. The predicted octanol–water partition coefficient (Wildman–Crippen LogP) is 1.61. The van der Waals surface area contributed by atoms with E-state index in [1.807, 2.05) is 4.90 Å². The molecule has 0 saturated carbocycles. The Balaban J connectivity index is 1.82. The lowest BCUT2D eigenvalue weighted by atomic mass is 10.1. The van der Waals surface area contributed by atoms with E-state index in [2.05, 4.69) is 19.2 Å². The van der Waals surface area contributed by atoms with Gasteiger partial charge in [-0.05, 0) is 25.2 Å². The molecule has 92 valence electrons. The number of fused-ring (bicyclic) bond motifs is 2. The van der Waals surface area contributed by atoms with Gasteiger partial charge in [0.2, 0.25) is 0 Å². The summed E-state index contributed by atoms with van der Waals surface area (Å²) in [5.74, 6) is 0.408. The van der Waals surface area contributed by atoms with E-state index < -0.39 is 0 Å². The fraction of sp³-hybridized carbons (Fsp3) is 0.917. The summed E-state index contributed by atoms with van der Waals surface area (Å²) in [4.78, 5) is 13.7. The van der Waals surface area contributed by atoms with Gasteiger partial charge in [-0.1, -0.05) is 13.8 Å². The van der Waals surface area contributed by atoms with Crippen molar-refractivity contribution < 1.29 is 9.53 Å². The van der Waals surface area contributed by atoms with Crippen LogP contribution in [-0.2, 0) is 4.74 Å². The zero-order valence-electron chi connectivity index (χ0n) is 10.2. The molecule has 2 aliphatic heterocycles. The minimum Gasteiger partial charge on any atom is -0.449 e. The van der Waals surface area contributed by atoms with Crippen LogP contribution in [0.4, 0.5) is 4.79 Å². The zero-order chi connectivity index (χ0) is 11.5. The molecule has 0 spiro atoms. The van der Waals surface area contributed by atoms with Gasteiger partial charge in [-0.15, -0.1) is 0 Å². The number of carbonyl (C=O) groups is 1. The number of likely N-dealkylation sites (tertiary alicyclic amines) is 1. The van der Waals surface area contributed by atoms with Gasteiger partial charge in [-0.3, -0.25) is 0 Å². The zero-order valence-corrected chi connectivity index (χ0v) is 10.2. The number of nitrogens with one attached hydrogen (secondary N) is 1. The average Bonchev–Trinajstić information content (AvgIpc) is 2.55. The van der Waals surface area contributed by atoms with E-state index in [0.717, 1.165) is 19.5 Å². The molecule has 4 nitrogen and oxygen atoms in total. The van der Waals surface area contributed by atoms with E-state index >= 15 is 0 Å². The lowest BCUT2D eigenvalue weighted by Crippen LogP contribution is -2.39. The van der Waals surface area contributed by atoms with Crippen molar-refractivity contribution in [1.29, 1.82) is 0 Å². The lowest BCUT2D eigenvalue weighted by molar-refractivity contribution is 0.0904. The van der Waals surface area contributed by atoms with Gasteiger partial charge in [-0.2, -0.15) is 0 Å². The number of hydrogen-bond donors (Lipinski definition) is 1. The number of hydrogen-bond acceptors (Lipinski definition) is 3. The van der Waals surface area contributed by atoms with Gasteiger partial charge in [-0.25, -0.2) is 4.79 Å². The van der Waals surface area contributed by atoms with Crippen molar-refractivity contribution in [2.24, 2.45) is 5.92 Å². The van der Waals surface area contributed by atoms with Crippen molar-refractivity contribution in [2.75, 3.05) is 19.7 Å². The Morgan fingerprint density at radius 3 is 2.88 bits per heavy atom. The highest BCUT2D eigenvalue weighted by atomic mass is 16.6. The monoisotopic (exact) mass is 226 g/mol. The van der Waals surface area contributed by atoms with Crippen molar-refractivity contribution in [2.45, 2.75) is 45.2 Å². The Kier molecular flexibility index (Phi) is 3.69. The van der Waals surface area contributed by atoms with E-state index in [1.54, 1.807) is 0 Å². The van der Waals surface area contributed by atoms with Crippen LogP contribution >= 0.6 is 0 Å². The Labute approximate surface area is 97.3 Å². The van der Waals surface area contributed by atoms with Gasteiger partial charge in [0.1, 0.15) is 0 Å². The van der Waals surface area contributed by atoms with Crippen molar-refractivity contribution in [3.05, 3.63) is 0 Å². The predicted molar refractivity (Wildman–Crippen MR) is 62.3 cm³/mol. The fourth-order valence-corrected chi connectivity index (χ4v) is 2.44. The minimum atomic E-state index is -0.136. The third-order valence-electron chi connectivity index (χ3n) is 3.32. The highest BCUT2D eigenvalue weighted by Gasteiger charge is 2.31. The molecule has 0 aromatic heterocycles. The third kappa shape index (κ3) is 2.88. The van der Waals surface area contributed by atoms with Crippen molar-refractivity contribution in [1.82, 2.24) is 10.2 Å². The number of nitrogens with zero attached hydrogens (tertiary/aromatic N) is 1. The largest absolute Gasteiger partial charge is 0.449 e. The maximum atomic E-state index is 11.8. The Hall–Kier alpha value is -0.770. The van der Waals surface area contributed by atoms with E-state index in [-0.39, 0.29) is 6.09 Å². The molecule has 0 aromatic rings. The molecule has 4 heteroatoms. The SMILES string of the molecule is CC(C)COC(=O)N1CCC2CCC(C1)N2. The summed E-state index contributed by atoms with van der Waals surface area (Å²) in [6.45, 7) is 6.29. The van der Waals surface area contributed by atoms with Gasteiger partial charge >= 0.3 is 6.09 Å². The van der Waals surface area contributed by atoms with Crippen molar-refractivity contribution in [3.63, 3.8) is 0 Å². The van der Waals surface area contributed by atoms with Gasteiger partial charge in [0.15, 0.2) is 0 Å². The van der Waals surface area contributed by atoms with E-state index in [4.69, 9.17) is 4.74 Å². The number of ether oxygens (including phenoxy) is 1. The average molecular weight is 226 g/mol. The first-order valence-corrected chi connectivity index (χ1v) is 6.33. The van der Waals surface area contributed by atoms with Crippen LogP contribution in [0.1, 0.15) is 33.1 Å². The van der Waals surface area contributed by atoms with Gasteiger partial charge < -0.3 is 15.0 Å². The summed E-state index contributed by atoms with van der Waals surface area (Å²) >= 11 is 0. The number of rotatable bonds is 2. The maximum absolute atomic E-state index is 11.8. The van der Waals surface area contributed by atoms with Crippen LogP contribution in [0.5, 0.6) is 0 Å². The number of carbonyl (C=O) groups excluding carboxylic acids is 1. The molecule has 0 aliphatic carbocycles. The van der Waals surface area contributed by atoms with Crippen molar-refractivity contribution in [3.8, 4) is 0 Å². The maximum Gasteiger partial charge on any atom is 0.409 e. The van der Waals surface area contributed by atoms with Crippen LogP contribution in [0.3, 0.4) is 0 Å². The van der Waals surface area contributed by atoms with Crippen LogP contribution in [0.25, 0.3) is 0 Å². The van der Waals surface area contributed by atoms with Gasteiger partial charge in [0.25, 0.3) is 0 Å². The molecular formula is C12H22N2O2. The molecule has 2 fully saturated rings. The molecule has 16 heavy (non-hydrogen) atoms. The minimum absolute atomic E-state index is 0.136. The van der Waals surface area contributed by atoms with Crippen LogP contribution in [0.2, 0.25) is 0 Å². The first-order valence-electron chi connectivity index (χ1n) is 6.33. The molecule has 1 amide bonds. The standard InChI is InChI=1S/C12H22N2O2/c1-9(2)8-16-12(15)14-6-5-10-3-4-11(7-14)13-10/h9-11,13H,3-8H2,1-2H3. The second kappa shape index (κ2) is 5.04. The summed E-state index contributed by atoms with van der Waals surface area (Å²) in [7, 11) is 0. The summed E-state index contributed by atoms with van der Waals surface area (Å²) in [6.07, 6.45) is 3.38. The van der Waals surface area contributed by atoms with Crippen LogP contribution in [0, 0.1) is 5.92 Å².